The van der Waals surface area contributed by atoms with Crippen LogP contribution in [0.1, 0.15) is 15.9 Å². The molecule has 0 saturated carbocycles. The number of anilines is 1. The van der Waals surface area contributed by atoms with Gasteiger partial charge in [0.25, 0.3) is 15.9 Å². The molecule has 0 saturated heterocycles. The minimum atomic E-state index is -3.95. The molecule has 0 aliphatic rings. The molecule has 1 amide bonds. The fraction of sp³-hybridized carbons (Fsp3) is 0.0455. The third kappa shape index (κ3) is 6.79. The molecule has 2 N–H and O–H groups in total. The van der Waals surface area contributed by atoms with E-state index in [-0.39, 0.29) is 16.2 Å². The van der Waals surface area contributed by atoms with Crippen LogP contribution in [0.25, 0.3) is 0 Å². The molecule has 3 aromatic carbocycles. The molecule has 170 valence electrons. The van der Waals surface area contributed by atoms with Crippen LogP contribution in [0.2, 0.25) is 5.02 Å². The Morgan fingerprint density at radius 2 is 1.76 bits per heavy atom. The first-order valence-corrected chi connectivity index (χ1v) is 11.2. The largest absolute Gasteiger partial charge is 0.546 e. The van der Waals surface area contributed by atoms with Crippen LogP contribution in [0, 0.1) is 0 Å². The van der Waals surface area contributed by atoms with E-state index in [1.165, 1.54) is 48.7 Å². The Hall–Kier alpha value is -3.89. The summed E-state index contributed by atoms with van der Waals surface area (Å²) in [4.78, 5) is 22.9. The van der Waals surface area contributed by atoms with Crippen molar-refractivity contribution in [3.05, 3.63) is 88.9 Å². The molecule has 3 aromatic rings. The third-order valence-electron chi connectivity index (χ3n) is 4.14. The van der Waals surface area contributed by atoms with E-state index in [4.69, 9.17) is 16.3 Å². The molecular weight excluding hydrogens is 470 g/mol. The lowest BCUT2D eigenvalue weighted by Crippen LogP contribution is -2.29. The number of hydrazone groups is 1. The molecule has 0 aliphatic heterocycles. The van der Waals surface area contributed by atoms with Gasteiger partial charge in [-0.1, -0.05) is 29.8 Å². The number of carbonyl (C=O) groups excluding carboxylic acids is 2. The lowest BCUT2D eigenvalue weighted by atomic mass is 10.2. The molecule has 0 bridgehead atoms. The van der Waals surface area contributed by atoms with Crippen molar-refractivity contribution in [2.24, 2.45) is 5.10 Å². The van der Waals surface area contributed by atoms with Crippen LogP contribution < -0.4 is 20.0 Å². The monoisotopic (exact) mass is 486 g/mol. The Balaban J connectivity index is 1.70. The number of amides is 1. The van der Waals surface area contributed by atoms with Crippen molar-refractivity contribution >= 4 is 45.4 Å². The van der Waals surface area contributed by atoms with E-state index in [2.05, 4.69) is 15.2 Å². The summed E-state index contributed by atoms with van der Waals surface area (Å²) in [5.74, 6) is -1.79. The summed E-state index contributed by atoms with van der Waals surface area (Å²) in [5.41, 5.74) is 3.09. The number of para-hydroxylation sites is 1. The number of benzene rings is 3. The maximum atomic E-state index is 12.6. The highest BCUT2D eigenvalue weighted by molar-refractivity contribution is 7.92. The van der Waals surface area contributed by atoms with Crippen molar-refractivity contribution in [2.75, 3.05) is 11.3 Å². The van der Waals surface area contributed by atoms with E-state index >= 15 is 0 Å². The summed E-state index contributed by atoms with van der Waals surface area (Å²) in [6.07, 6.45) is 1.27. The van der Waals surface area contributed by atoms with Crippen LogP contribution in [-0.4, -0.2) is 33.1 Å². The van der Waals surface area contributed by atoms with E-state index in [1.807, 2.05) is 0 Å². The van der Waals surface area contributed by atoms with E-state index < -0.39 is 28.5 Å². The summed E-state index contributed by atoms with van der Waals surface area (Å²) in [6.45, 7) is -0.636. The van der Waals surface area contributed by atoms with Gasteiger partial charge in [-0.2, -0.15) is 5.10 Å². The maximum absolute atomic E-state index is 12.6. The summed E-state index contributed by atoms with van der Waals surface area (Å²) in [7, 11) is -3.95. The zero-order valence-electron chi connectivity index (χ0n) is 16.9. The Bertz CT molecular complexity index is 1290. The number of hydrogen-bond donors (Lipinski definition) is 2. The maximum Gasteiger partial charge on any atom is 0.271 e. The Morgan fingerprint density at radius 1 is 1.03 bits per heavy atom. The highest BCUT2D eigenvalue weighted by Gasteiger charge is 2.16. The fourth-order valence-electron chi connectivity index (χ4n) is 2.62. The molecule has 0 atom stereocenters. The van der Waals surface area contributed by atoms with Gasteiger partial charge in [-0.15, -0.1) is 0 Å². The van der Waals surface area contributed by atoms with Gasteiger partial charge in [-0.05, 0) is 54.6 Å². The number of sulfonamides is 1. The second kappa shape index (κ2) is 10.6. The summed E-state index contributed by atoms with van der Waals surface area (Å²) >= 11 is 5.81. The molecule has 0 spiro atoms. The van der Waals surface area contributed by atoms with Crippen LogP contribution in [0.4, 0.5) is 5.69 Å². The smallest absolute Gasteiger partial charge is 0.271 e. The normalized spacial score (nSPS) is 11.2. The fourth-order valence-corrected chi connectivity index (χ4v) is 3.85. The van der Waals surface area contributed by atoms with Gasteiger partial charge in [0.2, 0.25) is 0 Å². The molecule has 0 heterocycles. The van der Waals surface area contributed by atoms with Gasteiger partial charge in [-0.25, -0.2) is 13.8 Å². The zero-order chi connectivity index (χ0) is 23.8. The van der Waals surface area contributed by atoms with Gasteiger partial charge in [0.15, 0.2) is 0 Å². The molecule has 11 heteroatoms. The van der Waals surface area contributed by atoms with Crippen LogP contribution in [0.5, 0.6) is 5.75 Å². The van der Waals surface area contributed by atoms with Crippen molar-refractivity contribution in [3.63, 3.8) is 0 Å². The number of rotatable bonds is 9. The van der Waals surface area contributed by atoms with Crippen molar-refractivity contribution in [1.82, 2.24) is 5.43 Å². The van der Waals surface area contributed by atoms with Crippen molar-refractivity contribution in [1.29, 1.82) is 0 Å². The highest BCUT2D eigenvalue weighted by Crippen LogP contribution is 2.19. The van der Waals surface area contributed by atoms with E-state index in [9.17, 15) is 23.1 Å². The minimum Gasteiger partial charge on any atom is -0.546 e. The van der Waals surface area contributed by atoms with Gasteiger partial charge >= 0.3 is 0 Å². The molecule has 0 fully saturated rings. The second-order valence-corrected chi connectivity index (χ2v) is 8.66. The van der Waals surface area contributed by atoms with Gasteiger partial charge in [0.05, 0.1) is 17.1 Å². The quantitative estimate of drug-likeness (QED) is 0.350. The molecule has 0 aliphatic carbocycles. The third-order valence-corrected chi connectivity index (χ3v) is 5.77. The number of nitrogens with zero attached hydrogens (tertiary/aromatic N) is 1. The topological polar surface area (TPSA) is 137 Å². The number of hydrogen-bond acceptors (Lipinski definition) is 7. The van der Waals surface area contributed by atoms with E-state index in [0.29, 0.717) is 16.3 Å². The molecular formula is C22H17ClN3O6S-. The zero-order valence-corrected chi connectivity index (χ0v) is 18.5. The van der Waals surface area contributed by atoms with Gasteiger partial charge in [0, 0.05) is 21.8 Å². The second-order valence-electron chi connectivity index (χ2n) is 6.54. The summed E-state index contributed by atoms with van der Waals surface area (Å²) < 4.78 is 32.8. The van der Waals surface area contributed by atoms with Crippen LogP contribution in [0.3, 0.4) is 0 Å². The van der Waals surface area contributed by atoms with Crippen LogP contribution in [-0.2, 0) is 14.8 Å². The van der Waals surface area contributed by atoms with E-state index in [1.54, 1.807) is 30.3 Å². The molecule has 9 nitrogen and oxygen atoms in total. The molecule has 0 unspecified atom stereocenters. The SMILES string of the molecule is O=C([O-])COc1ccccc1/C=N\NC(=O)c1cccc(S(=O)(=O)Nc2ccc(Cl)cc2)c1. The average molecular weight is 487 g/mol. The Kier molecular flexibility index (Phi) is 7.65. The lowest BCUT2D eigenvalue weighted by Gasteiger charge is -2.10. The first kappa shape index (κ1) is 23.8. The predicted molar refractivity (Wildman–Crippen MR) is 121 cm³/mol. The number of halogens is 1. The van der Waals surface area contributed by atoms with Crippen molar-refractivity contribution in [2.45, 2.75) is 4.90 Å². The molecule has 33 heavy (non-hydrogen) atoms. The lowest BCUT2D eigenvalue weighted by molar-refractivity contribution is -0.307. The number of nitrogens with one attached hydrogen (secondary N) is 2. The first-order valence-electron chi connectivity index (χ1n) is 9.38. The summed E-state index contributed by atoms with van der Waals surface area (Å²) in [5, 5.41) is 14.9. The number of carboxylic acids is 1. The first-order chi connectivity index (χ1) is 15.7. The highest BCUT2D eigenvalue weighted by atomic mass is 35.5. The average Bonchev–Trinajstić information content (AvgIpc) is 2.80. The molecule has 3 rings (SSSR count). The van der Waals surface area contributed by atoms with Crippen LogP contribution >= 0.6 is 11.6 Å². The van der Waals surface area contributed by atoms with Crippen molar-refractivity contribution in [3.8, 4) is 5.75 Å². The molecule has 0 aromatic heterocycles. The summed E-state index contributed by atoms with van der Waals surface area (Å²) in [6, 6.07) is 18.0. The number of ether oxygens (including phenoxy) is 1. The van der Waals surface area contributed by atoms with Gasteiger partial charge in [-0.3, -0.25) is 9.52 Å². The van der Waals surface area contributed by atoms with E-state index in [0.717, 1.165) is 0 Å². The number of carbonyl (C=O) groups is 2. The standard InChI is InChI=1S/C22H18ClN3O6S/c23-17-8-10-18(11-9-17)26-33(30,31)19-6-3-5-15(12-19)22(29)25-24-13-16-4-1-2-7-20(16)32-14-21(27)28/h1-13,26H,14H2,(H,25,29)(H,27,28)/p-1/b24-13-. The number of carboxylic acid groups (broad SMARTS) is 1. The number of aliphatic carboxylic acids is 1. The molecule has 0 radical (unpaired) electrons. The Morgan fingerprint density at radius 3 is 2.48 bits per heavy atom. The minimum absolute atomic E-state index is 0.0626. The van der Waals surface area contributed by atoms with Gasteiger partial charge in [0.1, 0.15) is 12.4 Å². The Labute approximate surface area is 194 Å². The van der Waals surface area contributed by atoms with Gasteiger partial charge < -0.3 is 14.6 Å². The van der Waals surface area contributed by atoms with Crippen LogP contribution in [0.15, 0.2) is 82.8 Å². The van der Waals surface area contributed by atoms with Crippen molar-refractivity contribution < 1.29 is 27.9 Å². The predicted octanol–water partition coefficient (Wildman–Crippen LogP) is 2.03.